The molecule has 0 saturated carbocycles. The third-order valence-electron chi connectivity index (χ3n) is 6.36. The van der Waals surface area contributed by atoms with Gasteiger partial charge in [0, 0.05) is 21.9 Å². The van der Waals surface area contributed by atoms with Crippen molar-refractivity contribution in [3.05, 3.63) is 58.7 Å². The van der Waals surface area contributed by atoms with Crippen LogP contribution in [0.15, 0.2) is 36.4 Å². The Morgan fingerprint density at radius 3 is 1.34 bits per heavy atom. The molecule has 4 aromatic rings. The third-order valence-corrected chi connectivity index (χ3v) is 6.36. The Hall–Kier alpha value is -3.40. The van der Waals surface area contributed by atoms with E-state index in [1.165, 1.54) is 16.5 Å². The molecule has 0 aliphatic carbocycles. The molecule has 0 aliphatic heterocycles. The lowest BCUT2D eigenvalue weighted by atomic mass is 9.88. The van der Waals surface area contributed by atoms with Crippen LogP contribution in [0.2, 0.25) is 0 Å². The van der Waals surface area contributed by atoms with E-state index in [0.717, 1.165) is 49.9 Å². The van der Waals surface area contributed by atoms with E-state index in [0.29, 0.717) is 11.5 Å². The third kappa shape index (κ3) is 3.31. The van der Waals surface area contributed by atoms with Crippen LogP contribution in [0.25, 0.3) is 32.7 Å². The minimum atomic E-state index is 0.668. The summed E-state index contributed by atoms with van der Waals surface area (Å²) < 4.78 is 23.1. The van der Waals surface area contributed by atoms with Crippen molar-refractivity contribution >= 4 is 21.5 Å². The molecule has 0 fully saturated rings. The zero-order valence-corrected chi connectivity index (χ0v) is 20.1. The quantitative estimate of drug-likeness (QED) is 0.344. The molecule has 0 atom stereocenters. The van der Waals surface area contributed by atoms with Crippen LogP contribution in [-0.2, 0) is 0 Å². The maximum absolute atomic E-state index is 6.04. The summed E-state index contributed by atoms with van der Waals surface area (Å²) in [4.78, 5) is 0. The highest BCUT2D eigenvalue weighted by molar-refractivity contribution is 6.04. The molecule has 4 rings (SSSR count). The van der Waals surface area contributed by atoms with Crippen molar-refractivity contribution in [3.63, 3.8) is 0 Å². The number of ether oxygens (including phenoxy) is 4. The van der Waals surface area contributed by atoms with E-state index in [1.54, 1.807) is 28.4 Å². The number of aryl methyl sites for hydroxylation is 4. The molecule has 4 aromatic carbocycles. The van der Waals surface area contributed by atoms with Gasteiger partial charge in [-0.1, -0.05) is 18.2 Å². The largest absolute Gasteiger partial charge is 0.495 e. The summed E-state index contributed by atoms with van der Waals surface area (Å²) in [6, 6.07) is 12.8. The van der Waals surface area contributed by atoms with Gasteiger partial charge in [-0.05, 0) is 78.9 Å². The molecule has 0 radical (unpaired) electrons. The van der Waals surface area contributed by atoms with Gasteiger partial charge in [-0.2, -0.15) is 0 Å². The van der Waals surface area contributed by atoms with Crippen molar-refractivity contribution in [2.75, 3.05) is 28.4 Å². The van der Waals surface area contributed by atoms with Crippen molar-refractivity contribution in [1.29, 1.82) is 0 Å². The maximum Gasteiger partial charge on any atom is 0.161 e. The Morgan fingerprint density at radius 2 is 0.844 bits per heavy atom. The van der Waals surface area contributed by atoms with E-state index in [1.807, 2.05) is 12.1 Å². The normalized spacial score (nSPS) is 11.1. The molecule has 32 heavy (non-hydrogen) atoms. The fourth-order valence-corrected chi connectivity index (χ4v) is 4.65. The first-order valence-corrected chi connectivity index (χ1v) is 10.7. The minimum Gasteiger partial charge on any atom is -0.495 e. The molecule has 0 bridgehead atoms. The molecule has 0 aliphatic rings. The van der Waals surface area contributed by atoms with Crippen molar-refractivity contribution in [3.8, 4) is 34.1 Å². The summed E-state index contributed by atoms with van der Waals surface area (Å²) in [5.74, 6) is 3.02. The van der Waals surface area contributed by atoms with E-state index in [9.17, 15) is 0 Å². The molecule has 0 aromatic heterocycles. The van der Waals surface area contributed by atoms with Crippen LogP contribution in [0.1, 0.15) is 22.3 Å². The molecular weight excluding hydrogens is 400 g/mol. The molecule has 0 spiro atoms. The van der Waals surface area contributed by atoms with Crippen LogP contribution in [-0.4, -0.2) is 28.4 Å². The molecule has 0 N–H and O–H groups in total. The van der Waals surface area contributed by atoms with Gasteiger partial charge in [0.25, 0.3) is 0 Å². The molecule has 0 heterocycles. The molecule has 0 unspecified atom stereocenters. The van der Waals surface area contributed by atoms with Gasteiger partial charge < -0.3 is 18.9 Å². The lowest BCUT2D eigenvalue weighted by molar-refractivity contribution is 0.355. The fraction of sp³-hybridized carbons (Fsp3) is 0.286. The van der Waals surface area contributed by atoms with Gasteiger partial charge >= 0.3 is 0 Å². The van der Waals surface area contributed by atoms with Crippen molar-refractivity contribution in [1.82, 2.24) is 0 Å². The van der Waals surface area contributed by atoms with Crippen LogP contribution in [0.3, 0.4) is 0 Å². The van der Waals surface area contributed by atoms with Crippen molar-refractivity contribution in [2.45, 2.75) is 27.7 Å². The van der Waals surface area contributed by atoms with Crippen LogP contribution in [0.5, 0.6) is 23.0 Å². The van der Waals surface area contributed by atoms with Gasteiger partial charge in [-0.3, -0.25) is 0 Å². The van der Waals surface area contributed by atoms with E-state index in [-0.39, 0.29) is 0 Å². The number of rotatable bonds is 5. The number of hydrogen-bond donors (Lipinski definition) is 0. The second-order valence-corrected chi connectivity index (χ2v) is 8.29. The van der Waals surface area contributed by atoms with E-state index < -0.39 is 0 Å². The number of methoxy groups -OCH3 is 4. The summed E-state index contributed by atoms with van der Waals surface area (Å²) in [6.45, 7) is 8.51. The average Bonchev–Trinajstić information content (AvgIpc) is 2.78. The van der Waals surface area contributed by atoms with Crippen LogP contribution < -0.4 is 18.9 Å². The van der Waals surface area contributed by atoms with E-state index in [4.69, 9.17) is 18.9 Å². The average molecular weight is 431 g/mol. The summed E-state index contributed by atoms with van der Waals surface area (Å²) >= 11 is 0. The number of benzene rings is 4. The lowest BCUT2D eigenvalue weighted by Crippen LogP contribution is -2.00. The molecule has 4 heteroatoms. The standard InChI is InChI=1S/C28H30O4/c1-15-9-19-10-17(3)25(27(31-7)21(19)12-16(15)2)26-18(4)11-20-13-23(29-5)24(30-6)14-22(20)28(26)32-8/h9-14H,1-8H3. The van der Waals surface area contributed by atoms with Crippen molar-refractivity contribution < 1.29 is 18.9 Å². The SMILES string of the molecule is COc1cc2cc(C)c(-c3c(C)cc4cc(C)c(C)cc4c3OC)c(OC)c2cc1OC. The Morgan fingerprint density at radius 1 is 0.438 bits per heavy atom. The summed E-state index contributed by atoms with van der Waals surface area (Å²) in [5, 5.41) is 4.28. The van der Waals surface area contributed by atoms with Crippen LogP contribution >= 0.6 is 0 Å². The zero-order chi connectivity index (χ0) is 23.2. The van der Waals surface area contributed by atoms with Gasteiger partial charge in [-0.25, -0.2) is 0 Å². The molecule has 0 amide bonds. The molecule has 166 valence electrons. The van der Waals surface area contributed by atoms with Crippen LogP contribution in [0.4, 0.5) is 0 Å². The molecule has 0 saturated heterocycles. The van der Waals surface area contributed by atoms with Crippen LogP contribution in [0, 0.1) is 27.7 Å². The highest BCUT2D eigenvalue weighted by atomic mass is 16.5. The number of hydrogen-bond acceptors (Lipinski definition) is 4. The van der Waals surface area contributed by atoms with E-state index >= 15 is 0 Å². The highest BCUT2D eigenvalue weighted by Gasteiger charge is 2.23. The molecule has 4 nitrogen and oxygen atoms in total. The Balaban J connectivity index is 2.14. The lowest BCUT2D eigenvalue weighted by Gasteiger charge is -2.22. The van der Waals surface area contributed by atoms with Gasteiger partial charge in [0.05, 0.1) is 28.4 Å². The number of fused-ring (bicyclic) bond motifs is 2. The zero-order valence-electron chi connectivity index (χ0n) is 20.1. The summed E-state index contributed by atoms with van der Waals surface area (Å²) in [5.41, 5.74) is 6.83. The predicted octanol–water partition coefficient (Wildman–Crippen LogP) is 6.93. The second-order valence-electron chi connectivity index (χ2n) is 8.29. The topological polar surface area (TPSA) is 36.9 Å². The van der Waals surface area contributed by atoms with Gasteiger partial charge in [0.2, 0.25) is 0 Å². The van der Waals surface area contributed by atoms with Gasteiger partial charge in [-0.15, -0.1) is 0 Å². The highest BCUT2D eigenvalue weighted by Crippen LogP contribution is 2.49. The smallest absolute Gasteiger partial charge is 0.161 e. The first kappa shape index (κ1) is 21.8. The minimum absolute atomic E-state index is 0.668. The Kier molecular flexibility index (Phi) is 5.64. The Bertz CT molecular complexity index is 1350. The van der Waals surface area contributed by atoms with Crippen molar-refractivity contribution in [2.24, 2.45) is 0 Å². The molecular formula is C28H30O4. The predicted molar refractivity (Wildman–Crippen MR) is 132 cm³/mol. The first-order chi connectivity index (χ1) is 15.3. The summed E-state index contributed by atoms with van der Waals surface area (Å²) in [7, 11) is 6.75. The van der Waals surface area contributed by atoms with Gasteiger partial charge in [0.15, 0.2) is 11.5 Å². The Labute approximate surface area is 189 Å². The first-order valence-electron chi connectivity index (χ1n) is 10.7. The monoisotopic (exact) mass is 430 g/mol. The maximum atomic E-state index is 6.04. The second kappa shape index (κ2) is 8.27. The van der Waals surface area contributed by atoms with Gasteiger partial charge in [0.1, 0.15) is 11.5 Å². The van der Waals surface area contributed by atoms with E-state index in [2.05, 4.69) is 52.0 Å². The summed E-state index contributed by atoms with van der Waals surface area (Å²) in [6.07, 6.45) is 0. The fourth-order valence-electron chi connectivity index (χ4n) is 4.65.